The van der Waals surface area contributed by atoms with E-state index in [4.69, 9.17) is 24.5 Å². The summed E-state index contributed by atoms with van der Waals surface area (Å²) in [4.78, 5) is 14.8. The minimum atomic E-state index is -0.369. The number of benzene rings is 3. The van der Waals surface area contributed by atoms with Crippen molar-refractivity contribution in [3.05, 3.63) is 46.3 Å². The quantitative estimate of drug-likeness (QED) is 0.108. The minimum absolute atomic E-state index is 0.342. The average molecular weight is 423 g/mol. The van der Waals surface area contributed by atoms with Crippen LogP contribution in [0, 0.1) is 0 Å². The van der Waals surface area contributed by atoms with E-state index in [1.165, 1.54) is 0 Å². The van der Waals surface area contributed by atoms with Crippen LogP contribution in [-0.2, 0) is 4.79 Å². The van der Waals surface area contributed by atoms with Gasteiger partial charge in [-0.3, -0.25) is 0 Å². The van der Waals surface area contributed by atoms with Gasteiger partial charge in [0.1, 0.15) is 6.29 Å². The Labute approximate surface area is 180 Å². The van der Waals surface area contributed by atoms with Gasteiger partial charge < -0.3 is 23.7 Å². The van der Waals surface area contributed by atoms with Gasteiger partial charge in [-0.15, -0.1) is 0 Å². The molecule has 8 heteroatoms. The van der Waals surface area contributed by atoms with Crippen LogP contribution in [0.25, 0.3) is 32.0 Å². The second-order valence-corrected chi connectivity index (χ2v) is 6.99. The summed E-state index contributed by atoms with van der Waals surface area (Å²) in [6.45, 7) is 0.342. The van der Waals surface area contributed by atoms with Crippen LogP contribution in [0.5, 0.6) is 23.0 Å². The van der Waals surface area contributed by atoms with Gasteiger partial charge in [0.25, 0.3) is 0 Å². The maximum Gasteiger partial charge on any atom is 0.161 e. The maximum absolute atomic E-state index is 12.0. The molecule has 0 aliphatic carbocycles. The smallest absolute Gasteiger partial charge is 0.161 e. The van der Waals surface area contributed by atoms with Gasteiger partial charge in [0.05, 0.1) is 28.4 Å². The zero-order chi connectivity index (χ0) is 22.4. The number of rotatable bonds is 10. The van der Waals surface area contributed by atoms with Crippen molar-refractivity contribution in [3.63, 3.8) is 0 Å². The highest BCUT2D eigenvalue weighted by Gasteiger charge is 2.20. The van der Waals surface area contributed by atoms with Gasteiger partial charge in [0.2, 0.25) is 0 Å². The Hall–Kier alpha value is -3.64. The first-order valence-electron chi connectivity index (χ1n) is 9.82. The van der Waals surface area contributed by atoms with Gasteiger partial charge in [-0.05, 0) is 75.8 Å². The first-order chi connectivity index (χ1) is 15.1. The molecule has 0 saturated carbocycles. The summed E-state index contributed by atoms with van der Waals surface area (Å²) in [6, 6.07) is 9.62. The average Bonchev–Trinajstić information content (AvgIpc) is 2.81. The van der Waals surface area contributed by atoms with Crippen molar-refractivity contribution >= 4 is 27.8 Å². The highest BCUT2D eigenvalue weighted by molar-refractivity contribution is 6.11. The van der Waals surface area contributed by atoms with Crippen LogP contribution in [0.1, 0.15) is 24.3 Å². The normalized spacial score (nSPS) is 11.6. The zero-order valence-corrected chi connectivity index (χ0v) is 18.0. The van der Waals surface area contributed by atoms with Gasteiger partial charge in [0.15, 0.2) is 23.0 Å². The van der Waals surface area contributed by atoms with Gasteiger partial charge in [-0.1, -0.05) is 5.11 Å². The lowest BCUT2D eigenvalue weighted by Crippen LogP contribution is -2.04. The molecule has 0 heterocycles. The highest BCUT2D eigenvalue weighted by atomic mass is 16.5. The van der Waals surface area contributed by atoms with E-state index in [1.54, 1.807) is 28.4 Å². The maximum atomic E-state index is 12.0. The molecule has 8 nitrogen and oxygen atoms in total. The Morgan fingerprint density at radius 1 is 0.871 bits per heavy atom. The molecule has 0 aliphatic rings. The van der Waals surface area contributed by atoms with E-state index < -0.39 is 0 Å². The third-order valence-electron chi connectivity index (χ3n) is 5.39. The van der Waals surface area contributed by atoms with Crippen LogP contribution < -0.4 is 18.9 Å². The van der Waals surface area contributed by atoms with Crippen LogP contribution in [0.15, 0.2) is 35.4 Å². The molecule has 0 aromatic heterocycles. The highest BCUT2D eigenvalue weighted by Crippen LogP contribution is 2.43. The van der Waals surface area contributed by atoms with Crippen molar-refractivity contribution in [2.75, 3.05) is 35.0 Å². The fourth-order valence-electron chi connectivity index (χ4n) is 3.86. The second-order valence-electron chi connectivity index (χ2n) is 6.99. The molecule has 0 aliphatic heterocycles. The monoisotopic (exact) mass is 423 g/mol. The number of methoxy groups -OCH3 is 4. The summed E-state index contributed by atoms with van der Waals surface area (Å²) < 4.78 is 22.0. The van der Waals surface area contributed by atoms with Crippen LogP contribution in [0.3, 0.4) is 0 Å². The summed E-state index contributed by atoms with van der Waals surface area (Å²) in [5, 5.41) is 7.22. The SMILES string of the molecule is COc1cc2cc(C(C=O)CCCN=[N+]=[N-])c3cc(OC)c(OC)cc3c2cc1OC. The summed E-state index contributed by atoms with van der Waals surface area (Å²) in [5.41, 5.74) is 9.37. The Morgan fingerprint density at radius 3 is 1.97 bits per heavy atom. The molecule has 0 bridgehead atoms. The Kier molecular flexibility index (Phi) is 7.05. The number of hydrogen-bond acceptors (Lipinski definition) is 6. The molecule has 31 heavy (non-hydrogen) atoms. The lowest BCUT2D eigenvalue weighted by Gasteiger charge is -2.19. The number of hydrogen-bond donors (Lipinski definition) is 0. The number of nitrogens with zero attached hydrogens (tertiary/aromatic N) is 3. The number of ether oxygens (including phenoxy) is 4. The lowest BCUT2D eigenvalue weighted by molar-refractivity contribution is -0.109. The Bertz CT molecular complexity index is 1160. The lowest BCUT2D eigenvalue weighted by atomic mass is 9.87. The number of aldehydes is 1. The molecule has 0 fully saturated rings. The molecule has 162 valence electrons. The summed E-state index contributed by atoms with van der Waals surface area (Å²) >= 11 is 0. The summed E-state index contributed by atoms with van der Waals surface area (Å²) in [6.07, 6.45) is 2.10. The van der Waals surface area contributed by atoms with Gasteiger partial charge in [0, 0.05) is 17.4 Å². The first kappa shape index (κ1) is 22.1. The van der Waals surface area contributed by atoms with E-state index in [1.807, 2.05) is 30.3 Å². The minimum Gasteiger partial charge on any atom is -0.493 e. The van der Waals surface area contributed by atoms with E-state index in [0.717, 1.165) is 33.4 Å². The summed E-state index contributed by atoms with van der Waals surface area (Å²) in [5.74, 6) is 2.02. The van der Waals surface area contributed by atoms with Crippen molar-refractivity contribution in [2.24, 2.45) is 5.11 Å². The topological polar surface area (TPSA) is 103 Å². The van der Waals surface area contributed by atoms with E-state index in [0.29, 0.717) is 42.4 Å². The van der Waals surface area contributed by atoms with Crippen molar-refractivity contribution in [1.29, 1.82) is 0 Å². The predicted octanol–water partition coefficient (Wildman–Crippen LogP) is 5.40. The number of azide groups is 1. The number of carbonyl (C=O) groups is 1. The van der Waals surface area contributed by atoms with E-state index in [2.05, 4.69) is 10.0 Å². The summed E-state index contributed by atoms with van der Waals surface area (Å²) in [7, 11) is 6.35. The molecule has 3 rings (SSSR count). The van der Waals surface area contributed by atoms with E-state index in [9.17, 15) is 4.79 Å². The second kappa shape index (κ2) is 9.91. The molecular weight excluding hydrogens is 398 g/mol. The molecule has 0 radical (unpaired) electrons. The molecule has 0 N–H and O–H groups in total. The van der Waals surface area contributed by atoms with Gasteiger partial charge in [-0.2, -0.15) is 0 Å². The number of carbonyl (C=O) groups excluding carboxylic acids is 1. The third kappa shape index (κ3) is 4.29. The molecule has 0 saturated heterocycles. The van der Waals surface area contributed by atoms with Crippen molar-refractivity contribution in [3.8, 4) is 23.0 Å². The molecule has 0 spiro atoms. The third-order valence-corrected chi connectivity index (χ3v) is 5.39. The Morgan fingerprint density at radius 2 is 1.42 bits per heavy atom. The zero-order valence-electron chi connectivity index (χ0n) is 18.0. The van der Waals surface area contributed by atoms with Crippen molar-refractivity contribution < 1.29 is 23.7 Å². The fraction of sp³-hybridized carbons (Fsp3) is 0.348. The van der Waals surface area contributed by atoms with Gasteiger partial charge in [-0.25, -0.2) is 0 Å². The number of fused-ring (bicyclic) bond motifs is 3. The molecule has 3 aromatic rings. The van der Waals surface area contributed by atoms with Gasteiger partial charge >= 0.3 is 0 Å². The van der Waals surface area contributed by atoms with Crippen LogP contribution >= 0.6 is 0 Å². The molecule has 3 aromatic carbocycles. The first-order valence-corrected chi connectivity index (χ1v) is 9.82. The Balaban J connectivity index is 2.32. The molecule has 1 unspecified atom stereocenters. The van der Waals surface area contributed by atoms with Crippen LogP contribution in [-0.4, -0.2) is 41.3 Å². The van der Waals surface area contributed by atoms with Crippen LogP contribution in [0.2, 0.25) is 0 Å². The van der Waals surface area contributed by atoms with Crippen LogP contribution in [0.4, 0.5) is 0 Å². The van der Waals surface area contributed by atoms with E-state index in [-0.39, 0.29) is 5.92 Å². The standard InChI is InChI=1S/C23H25N3O5/c1-28-20-9-15-8-16(14(13-27)6-5-7-25-26-24)18-11-22(30-3)23(31-4)12-19(18)17(15)10-21(20)29-2/h8-14H,5-7H2,1-4H3. The predicted molar refractivity (Wildman–Crippen MR) is 120 cm³/mol. The van der Waals surface area contributed by atoms with E-state index >= 15 is 0 Å². The molecule has 1 atom stereocenters. The molecule has 0 amide bonds. The fourth-order valence-corrected chi connectivity index (χ4v) is 3.86. The van der Waals surface area contributed by atoms with Crippen molar-refractivity contribution in [1.82, 2.24) is 0 Å². The largest absolute Gasteiger partial charge is 0.493 e. The van der Waals surface area contributed by atoms with Crippen molar-refractivity contribution in [2.45, 2.75) is 18.8 Å². The molecular formula is C23H25N3O5.